The Morgan fingerprint density at radius 2 is 2.40 bits per heavy atom. The van der Waals surface area contributed by atoms with Crippen molar-refractivity contribution in [2.75, 3.05) is 26.2 Å². The van der Waals surface area contributed by atoms with Gasteiger partial charge in [0.1, 0.15) is 0 Å². The Balaban J connectivity index is 1.88. The molecule has 1 saturated heterocycles. The molecule has 0 aliphatic carbocycles. The molecule has 1 N–H and O–H groups in total. The van der Waals surface area contributed by atoms with Gasteiger partial charge in [-0.2, -0.15) is 11.3 Å². The van der Waals surface area contributed by atoms with Crippen LogP contribution in [-0.4, -0.2) is 36.6 Å². The summed E-state index contributed by atoms with van der Waals surface area (Å²) in [5.74, 6) is 0. The second kappa shape index (κ2) is 4.64. The van der Waals surface area contributed by atoms with E-state index in [1.807, 2.05) is 0 Å². The summed E-state index contributed by atoms with van der Waals surface area (Å²) in [6.07, 6.45) is 1.19. The maximum atomic E-state index is 3.46. The smallest absolute Gasteiger partial charge is 0.0278 e. The summed E-state index contributed by atoms with van der Waals surface area (Å²) in [5.41, 5.74) is 1.79. The summed E-state index contributed by atoms with van der Waals surface area (Å²) in [7, 11) is 0. The number of nitrogens with zero attached hydrogens (tertiary/aromatic N) is 1. The topological polar surface area (TPSA) is 15.3 Å². The van der Waals surface area contributed by atoms with Crippen LogP contribution in [0.4, 0.5) is 0 Å². The van der Waals surface area contributed by atoms with Gasteiger partial charge in [0.2, 0.25) is 0 Å². The minimum atomic E-state index is 0.314. The highest BCUT2D eigenvalue weighted by Crippen LogP contribution is 2.17. The molecule has 1 aromatic heterocycles. The van der Waals surface area contributed by atoms with Crippen LogP contribution in [0.1, 0.15) is 19.4 Å². The molecule has 15 heavy (non-hydrogen) atoms. The van der Waals surface area contributed by atoms with Gasteiger partial charge in [0, 0.05) is 31.7 Å². The molecule has 0 atom stereocenters. The monoisotopic (exact) mass is 224 g/mol. The molecule has 3 heteroatoms. The Morgan fingerprint density at radius 3 is 3.07 bits per heavy atom. The fourth-order valence-electron chi connectivity index (χ4n) is 2.14. The van der Waals surface area contributed by atoms with Crippen molar-refractivity contribution in [3.63, 3.8) is 0 Å². The highest BCUT2D eigenvalue weighted by Gasteiger charge is 2.28. The number of hydrogen-bond donors (Lipinski definition) is 1. The van der Waals surface area contributed by atoms with E-state index in [9.17, 15) is 0 Å². The molecule has 0 saturated carbocycles. The van der Waals surface area contributed by atoms with Crippen LogP contribution in [0, 0.1) is 0 Å². The van der Waals surface area contributed by atoms with Crippen LogP contribution in [0.15, 0.2) is 16.8 Å². The predicted molar refractivity (Wildman–Crippen MR) is 66.5 cm³/mol. The number of nitrogens with one attached hydrogen (secondary N) is 1. The van der Waals surface area contributed by atoms with E-state index in [4.69, 9.17) is 0 Å². The van der Waals surface area contributed by atoms with E-state index in [1.165, 1.54) is 25.1 Å². The van der Waals surface area contributed by atoms with Crippen molar-refractivity contribution < 1.29 is 0 Å². The van der Waals surface area contributed by atoms with Crippen molar-refractivity contribution in [2.45, 2.75) is 25.8 Å². The third-order valence-electron chi connectivity index (χ3n) is 3.22. The van der Waals surface area contributed by atoms with Crippen molar-refractivity contribution in [3.8, 4) is 0 Å². The zero-order valence-electron chi connectivity index (χ0n) is 9.62. The summed E-state index contributed by atoms with van der Waals surface area (Å²) in [6.45, 7) is 9.26. The summed E-state index contributed by atoms with van der Waals surface area (Å²) in [4.78, 5) is 2.60. The van der Waals surface area contributed by atoms with Gasteiger partial charge in [0.05, 0.1) is 0 Å². The molecule has 0 bridgehead atoms. The minimum Gasteiger partial charge on any atom is -0.314 e. The molecule has 0 unspecified atom stereocenters. The maximum absolute atomic E-state index is 3.46. The predicted octanol–water partition coefficient (Wildman–Crippen LogP) is 1.97. The standard InChI is InChI=1S/C12H20N2S/c1-12(2)10-13-5-7-14(12)6-3-11-4-8-15-9-11/h4,8-9,13H,3,5-7,10H2,1-2H3. The summed E-state index contributed by atoms with van der Waals surface area (Å²) in [5, 5.41) is 7.88. The van der Waals surface area contributed by atoms with Gasteiger partial charge in [-0.3, -0.25) is 4.90 Å². The molecule has 1 aliphatic rings. The maximum Gasteiger partial charge on any atom is 0.0278 e. The third kappa shape index (κ3) is 2.80. The first kappa shape index (κ1) is 11.1. The first-order valence-corrected chi connectivity index (χ1v) is 6.60. The molecular weight excluding hydrogens is 204 g/mol. The quantitative estimate of drug-likeness (QED) is 0.844. The molecule has 84 valence electrons. The van der Waals surface area contributed by atoms with Gasteiger partial charge in [-0.1, -0.05) is 0 Å². The molecule has 2 rings (SSSR count). The van der Waals surface area contributed by atoms with Crippen LogP contribution in [0.2, 0.25) is 0 Å². The van der Waals surface area contributed by atoms with E-state index in [1.54, 1.807) is 11.3 Å². The average Bonchev–Trinajstić information content (AvgIpc) is 2.68. The Hall–Kier alpha value is -0.380. The van der Waals surface area contributed by atoms with Gasteiger partial charge < -0.3 is 5.32 Å². The fraction of sp³-hybridized carbons (Fsp3) is 0.667. The number of thiophene rings is 1. The van der Waals surface area contributed by atoms with Crippen molar-refractivity contribution in [2.24, 2.45) is 0 Å². The first-order valence-electron chi connectivity index (χ1n) is 5.65. The van der Waals surface area contributed by atoms with Gasteiger partial charge in [-0.25, -0.2) is 0 Å². The van der Waals surface area contributed by atoms with Crippen LogP contribution in [0.25, 0.3) is 0 Å². The SMILES string of the molecule is CC1(C)CNCCN1CCc1ccsc1. The Morgan fingerprint density at radius 1 is 1.53 bits per heavy atom. The molecule has 1 aromatic rings. The normalized spacial score (nSPS) is 21.7. The van der Waals surface area contributed by atoms with E-state index in [-0.39, 0.29) is 0 Å². The lowest BCUT2D eigenvalue weighted by Gasteiger charge is -2.42. The number of piperazine rings is 1. The van der Waals surface area contributed by atoms with E-state index in [2.05, 4.69) is 40.9 Å². The van der Waals surface area contributed by atoms with E-state index in [0.29, 0.717) is 5.54 Å². The second-order valence-corrected chi connectivity index (χ2v) is 5.64. The molecule has 1 fully saturated rings. The summed E-state index contributed by atoms with van der Waals surface area (Å²) >= 11 is 1.80. The van der Waals surface area contributed by atoms with Crippen molar-refractivity contribution in [1.29, 1.82) is 0 Å². The first-order chi connectivity index (χ1) is 7.18. The molecule has 2 nitrogen and oxygen atoms in total. The van der Waals surface area contributed by atoms with E-state index >= 15 is 0 Å². The Bertz CT molecular complexity index is 293. The molecule has 2 heterocycles. The van der Waals surface area contributed by atoms with Gasteiger partial charge in [0.25, 0.3) is 0 Å². The number of hydrogen-bond acceptors (Lipinski definition) is 3. The van der Waals surface area contributed by atoms with Gasteiger partial charge in [-0.05, 0) is 42.7 Å². The molecule has 0 radical (unpaired) electrons. The molecule has 0 spiro atoms. The highest BCUT2D eigenvalue weighted by atomic mass is 32.1. The minimum absolute atomic E-state index is 0.314. The van der Waals surface area contributed by atoms with Crippen LogP contribution < -0.4 is 5.32 Å². The molecule has 0 amide bonds. The Labute approximate surface area is 96.3 Å². The fourth-order valence-corrected chi connectivity index (χ4v) is 2.84. The lowest BCUT2D eigenvalue weighted by atomic mass is 9.99. The zero-order valence-corrected chi connectivity index (χ0v) is 10.4. The van der Waals surface area contributed by atoms with Crippen molar-refractivity contribution in [1.82, 2.24) is 10.2 Å². The van der Waals surface area contributed by atoms with Gasteiger partial charge in [0.15, 0.2) is 0 Å². The van der Waals surface area contributed by atoms with Crippen molar-refractivity contribution >= 4 is 11.3 Å². The van der Waals surface area contributed by atoms with E-state index < -0.39 is 0 Å². The van der Waals surface area contributed by atoms with Crippen molar-refractivity contribution in [3.05, 3.63) is 22.4 Å². The summed E-state index contributed by atoms with van der Waals surface area (Å²) in [6, 6.07) is 2.24. The Kier molecular flexibility index (Phi) is 3.44. The highest BCUT2D eigenvalue weighted by molar-refractivity contribution is 7.07. The lowest BCUT2D eigenvalue weighted by molar-refractivity contribution is 0.0922. The van der Waals surface area contributed by atoms with E-state index in [0.717, 1.165) is 13.1 Å². The number of rotatable bonds is 3. The van der Waals surface area contributed by atoms with Crippen LogP contribution in [-0.2, 0) is 6.42 Å². The zero-order chi connectivity index (χ0) is 10.7. The van der Waals surface area contributed by atoms with Crippen LogP contribution >= 0.6 is 11.3 Å². The lowest BCUT2D eigenvalue weighted by Crippen LogP contribution is -2.58. The van der Waals surface area contributed by atoms with Gasteiger partial charge >= 0.3 is 0 Å². The second-order valence-electron chi connectivity index (χ2n) is 4.86. The average molecular weight is 224 g/mol. The van der Waals surface area contributed by atoms with Gasteiger partial charge in [-0.15, -0.1) is 0 Å². The third-order valence-corrected chi connectivity index (χ3v) is 3.95. The largest absolute Gasteiger partial charge is 0.314 e. The molecular formula is C12H20N2S. The molecule has 0 aromatic carbocycles. The molecule has 1 aliphatic heterocycles. The summed E-state index contributed by atoms with van der Waals surface area (Å²) < 4.78 is 0. The van der Waals surface area contributed by atoms with Crippen LogP contribution in [0.5, 0.6) is 0 Å². The van der Waals surface area contributed by atoms with Crippen LogP contribution in [0.3, 0.4) is 0 Å².